The van der Waals surface area contributed by atoms with Crippen LogP contribution in [0, 0.1) is 0 Å². The lowest BCUT2D eigenvalue weighted by Crippen LogP contribution is -2.29. The fraction of sp³-hybridized carbons (Fsp3) is 0.350. The molecule has 2 aromatic rings. The molecule has 0 saturated heterocycles. The van der Waals surface area contributed by atoms with Gasteiger partial charge in [-0.25, -0.2) is 0 Å². The van der Waals surface area contributed by atoms with Crippen molar-refractivity contribution in [2.75, 3.05) is 19.0 Å². The summed E-state index contributed by atoms with van der Waals surface area (Å²) < 4.78 is 0. The maximum atomic E-state index is 12.6. The molecule has 2 aromatic carbocycles. The van der Waals surface area contributed by atoms with Crippen molar-refractivity contribution in [3.05, 3.63) is 65.7 Å². The second-order valence-corrected chi connectivity index (χ2v) is 6.03. The van der Waals surface area contributed by atoms with Gasteiger partial charge in [0.2, 0.25) is 5.91 Å². The third-order valence-electron chi connectivity index (χ3n) is 3.99. The topological polar surface area (TPSA) is 32.3 Å². The zero-order valence-electron chi connectivity index (χ0n) is 14.3. The summed E-state index contributed by atoms with van der Waals surface area (Å²) in [5.41, 5.74) is 3.35. The van der Waals surface area contributed by atoms with E-state index in [1.807, 2.05) is 56.6 Å². The fourth-order valence-corrected chi connectivity index (χ4v) is 2.68. The molecule has 0 heterocycles. The van der Waals surface area contributed by atoms with E-state index in [1.165, 1.54) is 0 Å². The molecule has 1 N–H and O–H groups in total. The van der Waals surface area contributed by atoms with Crippen LogP contribution in [0.5, 0.6) is 0 Å². The maximum Gasteiger partial charge on any atom is 0.227 e. The highest BCUT2D eigenvalue weighted by atomic mass is 16.1. The maximum absolute atomic E-state index is 12.6. The van der Waals surface area contributed by atoms with Crippen molar-refractivity contribution >= 4 is 11.6 Å². The van der Waals surface area contributed by atoms with Crippen LogP contribution >= 0.6 is 0 Å². The number of nitrogens with one attached hydrogen (secondary N) is 1. The Balaban J connectivity index is 2.03. The molecule has 0 aromatic heterocycles. The van der Waals surface area contributed by atoms with Gasteiger partial charge in [0, 0.05) is 26.3 Å². The third-order valence-corrected chi connectivity index (χ3v) is 3.99. The summed E-state index contributed by atoms with van der Waals surface area (Å²) in [6, 6.07) is 18.3. The number of hydrogen-bond donors (Lipinski definition) is 1. The van der Waals surface area contributed by atoms with Crippen LogP contribution in [-0.4, -0.2) is 20.0 Å². The average Bonchev–Trinajstić information content (AvgIpc) is 2.58. The first-order valence-electron chi connectivity index (χ1n) is 8.20. The quantitative estimate of drug-likeness (QED) is 0.840. The highest BCUT2D eigenvalue weighted by molar-refractivity contribution is 5.83. The van der Waals surface area contributed by atoms with E-state index < -0.39 is 0 Å². The number of carbonyl (C=O) groups excluding carboxylic acids is 1. The van der Waals surface area contributed by atoms with Crippen LogP contribution in [0.3, 0.4) is 0 Å². The lowest BCUT2D eigenvalue weighted by atomic mass is 9.93. The van der Waals surface area contributed by atoms with Crippen molar-refractivity contribution in [3.8, 4) is 0 Å². The van der Waals surface area contributed by atoms with Gasteiger partial charge < -0.3 is 10.2 Å². The zero-order chi connectivity index (χ0) is 16.7. The first kappa shape index (κ1) is 17.1. The van der Waals surface area contributed by atoms with E-state index >= 15 is 0 Å². The Kier molecular flexibility index (Phi) is 6.21. The molecule has 0 aliphatic rings. The molecule has 1 atom stereocenters. The standard InChI is InChI=1S/C20H26N2O/c1-4-9-19(17-11-6-5-7-12-17)20(23)21-15-16-10-8-13-18(14-16)22(2)3/h5-8,10-14,19H,4,9,15H2,1-3H3,(H,21,23). The van der Waals surface area contributed by atoms with Gasteiger partial charge in [-0.2, -0.15) is 0 Å². The summed E-state index contributed by atoms with van der Waals surface area (Å²) in [7, 11) is 4.04. The smallest absolute Gasteiger partial charge is 0.227 e. The van der Waals surface area contributed by atoms with Gasteiger partial charge in [-0.15, -0.1) is 0 Å². The van der Waals surface area contributed by atoms with Crippen LogP contribution in [0.15, 0.2) is 54.6 Å². The molecule has 0 bridgehead atoms. The van der Waals surface area contributed by atoms with Crippen LogP contribution < -0.4 is 10.2 Å². The molecule has 122 valence electrons. The number of anilines is 1. The lowest BCUT2D eigenvalue weighted by Gasteiger charge is -2.17. The van der Waals surface area contributed by atoms with Crippen LogP contribution in [0.1, 0.15) is 36.8 Å². The van der Waals surface area contributed by atoms with Gasteiger partial charge >= 0.3 is 0 Å². The molecule has 0 aliphatic heterocycles. The molecule has 1 unspecified atom stereocenters. The van der Waals surface area contributed by atoms with E-state index in [1.54, 1.807) is 0 Å². The number of hydrogen-bond acceptors (Lipinski definition) is 2. The minimum absolute atomic E-state index is 0.0711. The van der Waals surface area contributed by atoms with Gasteiger partial charge in [0.15, 0.2) is 0 Å². The molecular formula is C20H26N2O. The zero-order valence-corrected chi connectivity index (χ0v) is 14.3. The van der Waals surface area contributed by atoms with Gasteiger partial charge in [0.1, 0.15) is 0 Å². The van der Waals surface area contributed by atoms with Crippen molar-refractivity contribution in [1.82, 2.24) is 5.32 Å². The van der Waals surface area contributed by atoms with Crippen LogP contribution in [0.25, 0.3) is 0 Å². The molecule has 3 heteroatoms. The average molecular weight is 310 g/mol. The van der Waals surface area contributed by atoms with E-state index in [-0.39, 0.29) is 11.8 Å². The summed E-state index contributed by atoms with van der Waals surface area (Å²) in [6.45, 7) is 2.68. The Morgan fingerprint density at radius 2 is 1.83 bits per heavy atom. The number of benzene rings is 2. The normalized spacial score (nSPS) is 11.8. The number of rotatable bonds is 7. The summed E-state index contributed by atoms with van der Waals surface area (Å²) in [4.78, 5) is 14.7. The van der Waals surface area contributed by atoms with Gasteiger partial charge in [-0.1, -0.05) is 55.8 Å². The van der Waals surface area contributed by atoms with E-state index in [0.29, 0.717) is 6.54 Å². The molecule has 23 heavy (non-hydrogen) atoms. The molecule has 2 rings (SSSR count). The summed E-state index contributed by atoms with van der Waals surface area (Å²) >= 11 is 0. The molecule has 1 amide bonds. The van der Waals surface area contributed by atoms with E-state index in [0.717, 1.165) is 29.7 Å². The molecule has 0 fully saturated rings. The molecule has 0 saturated carbocycles. The summed E-state index contributed by atoms with van der Waals surface area (Å²) in [5, 5.41) is 3.09. The highest BCUT2D eigenvalue weighted by Crippen LogP contribution is 2.21. The first-order valence-corrected chi connectivity index (χ1v) is 8.20. The Hall–Kier alpha value is -2.29. The minimum atomic E-state index is -0.0711. The molecule has 0 aliphatic carbocycles. The van der Waals surface area contributed by atoms with Gasteiger partial charge in [0.25, 0.3) is 0 Å². The molecular weight excluding hydrogens is 284 g/mol. The summed E-state index contributed by atoms with van der Waals surface area (Å²) in [6.07, 6.45) is 1.86. The highest BCUT2D eigenvalue weighted by Gasteiger charge is 2.19. The molecule has 0 spiro atoms. The van der Waals surface area contributed by atoms with Gasteiger partial charge in [-0.3, -0.25) is 4.79 Å². The number of nitrogens with zero attached hydrogens (tertiary/aromatic N) is 1. The van der Waals surface area contributed by atoms with E-state index in [4.69, 9.17) is 0 Å². The first-order chi connectivity index (χ1) is 11.1. The molecule has 0 radical (unpaired) electrons. The monoisotopic (exact) mass is 310 g/mol. The van der Waals surface area contributed by atoms with Crippen LogP contribution in [0.4, 0.5) is 5.69 Å². The predicted molar refractivity (Wildman–Crippen MR) is 96.7 cm³/mol. The van der Waals surface area contributed by atoms with Crippen LogP contribution in [-0.2, 0) is 11.3 Å². The van der Waals surface area contributed by atoms with Crippen LogP contribution in [0.2, 0.25) is 0 Å². The van der Waals surface area contributed by atoms with E-state index in [2.05, 4.69) is 29.3 Å². The van der Waals surface area contributed by atoms with Crippen molar-refractivity contribution in [2.24, 2.45) is 0 Å². The van der Waals surface area contributed by atoms with Crippen molar-refractivity contribution in [2.45, 2.75) is 32.2 Å². The number of carbonyl (C=O) groups is 1. The van der Waals surface area contributed by atoms with Gasteiger partial charge in [0.05, 0.1) is 5.92 Å². The largest absolute Gasteiger partial charge is 0.378 e. The van der Waals surface area contributed by atoms with Gasteiger partial charge in [-0.05, 0) is 29.7 Å². The Morgan fingerprint density at radius 3 is 2.48 bits per heavy atom. The summed E-state index contributed by atoms with van der Waals surface area (Å²) in [5.74, 6) is 0.0338. The van der Waals surface area contributed by atoms with Crippen molar-refractivity contribution in [1.29, 1.82) is 0 Å². The minimum Gasteiger partial charge on any atom is -0.378 e. The Bertz CT molecular complexity index is 623. The second-order valence-electron chi connectivity index (χ2n) is 6.03. The third kappa shape index (κ3) is 4.85. The fourth-order valence-electron chi connectivity index (χ4n) is 2.68. The Morgan fingerprint density at radius 1 is 1.09 bits per heavy atom. The lowest BCUT2D eigenvalue weighted by molar-refractivity contribution is -0.122. The predicted octanol–water partition coefficient (Wildman–Crippen LogP) is 3.95. The molecule has 3 nitrogen and oxygen atoms in total. The van der Waals surface area contributed by atoms with Crippen molar-refractivity contribution < 1.29 is 4.79 Å². The van der Waals surface area contributed by atoms with Crippen molar-refractivity contribution in [3.63, 3.8) is 0 Å². The second kappa shape index (κ2) is 8.37. The van der Waals surface area contributed by atoms with E-state index in [9.17, 15) is 4.79 Å². The SMILES string of the molecule is CCCC(C(=O)NCc1cccc(N(C)C)c1)c1ccccc1. The number of amides is 1. The Labute approximate surface area is 139 Å².